The van der Waals surface area contributed by atoms with Gasteiger partial charge in [0.25, 0.3) is 0 Å². The summed E-state index contributed by atoms with van der Waals surface area (Å²) in [4.78, 5) is 0. The summed E-state index contributed by atoms with van der Waals surface area (Å²) < 4.78 is 0. The molecular weight excluding hydrogens is 210 g/mol. The van der Waals surface area contributed by atoms with Crippen molar-refractivity contribution in [1.29, 1.82) is 5.26 Å². The fraction of sp³-hybridized carbons (Fsp3) is 0.400. The zero-order valence-corrected chi connectivity index (χ0v) is 9.59. The Morgan fingerprint density at radius 3 is 2.22 bits per heavy atom. The summed E-state index contributed by atoms with van der Waals surface area (Å²) in [6, 6.07) is 2.00. The summed E-state index contributed by atoms with van der Waals surface area (Å²) in [6.45, 7) is 3.45. The van der Waals surface area contributed by atoms with Crippen LogP contribution in [0.15, 0.2) is 12.7 Å². The van der Waals surface area contributed by atoms with Crippen molar-refractivity contribution in [3.63, 3.8) is 0 Å². The number of rotatable bonds is 2. The fourth-order valence-electron chi connectivity index (χ4n) is 0.167. The maximum absolute atomic E-state index is 7.90. The van der Waals surface area contributed by atoms with Crippen LogP contribution in [0, 0.1) is 11.3 Å². The molecule has 0 aromatic carbocycles. The van der Waals surface area contributed by atoms with Crippen molar-refractivity contribution in [1.82, 2.24) is 0 Å². The van der Waals surface area contributed by atoms with Gasteiger partial charge >= 0.3 is 34.5 Å². The van der Waals surface area contributed by atoms with Gasteiger partial charge in [0.2, 0.25) is 0 Å². The third-order valence-corrected chi connectivity index (χ3v) is 0.460. The average molecular weight is 217 g/mol. The Kier molecular flexibility index (Phi) is 21.3. The van der Waals surface area contributed by atoms with Crippen molar-refractivity contribution in [2.45, 2.75) is 12.8 Å². The van der Waals surface area contributed by atoms with Crippen molar-refractivity contribution >= 4 is 19.4 Å². The number of nitriles is 1. The van der Waals surface area contributed by atoms with Gasteiger partial charge in [-0.3, -0.25) is 0 Å². The van der Waals surface area contributed by atoms with E-state index in [0.717, 1.165) is 6.42 Å². The Balaban J connectivity index is 0. The SMILES string of the molecule is C=CCCC#N.[Cl][Zn][Cl]. The molecule has 4 heteroatoms. The van der Waals surface area contributed by atoms with Crippen molar-refractivity contribution in [3.8, 4) is 6.07 Å². The van der Waals surface area contributed by atoms with Crippen LogP contribution in [0.3, 0.4) is 0 Å². The molecule has 0 unspecified atom stereocenters. The molecule has 0 aromatic rings. The molecule has 0 saturated carbocycles. The minimum atomic E-state index is -0.931. The van der Waals surface area contributed by atoms with Crippen LogP contribution in [0.5, 0.6) is 0 Å². The second-order valence-electron chi connectivity index (χ2n) is 1.09. The van der Waals surface area contributed by atoms with E-state index in [0.29, 0.717) is 6.42 Å². The first-order valence-corrected chi connectivity index (χ1v) is 10.2. The molecule has 0 N–H and O–H groups in total. The van der Waals surface area contributed by atoms with Crippen LogP contribution < -0.4 is 0 Å². The zero-order valence-electron chi connectivity index (χ0n) is 5.11. The molecule has 0 aliphatic heterocycles. The molecule has 1 nitrogen and oxygen atoms in total. The summed E-state index contributed by atoms with van der Waals surface area (Å²) in [7, 11) is 9.90. The molecule has 0 aliphatic rings. The summed E-state index contributed by atoms with van der Waals surface area (Å²) >= 11 is -0.931. The molecule has 0 aliphatic carbocycles. The molecule has 48 valence electrons. The van der Waals surface area contributed by atoms with Gasteiger partial charge in [-0.05, 0) is 6.42 Å². The molecule has 0 rings (SSSR count). The van der Waals surface area contributed by atoms with Crippen LogP contribution in [0.25, 0.3) is 0 Å². The second-order valence-corrected chi connectivity index (χ2v) is 5.71. The van der Waals surface area contributed by atoms with Crippen molar-refractivity contribution in [2.24, 2.45) is 0 Å². The summed E-state index contributed by atoms with van der Waals surface area (Å²) in [6.07, 6.45) is 3.16. The van der Waals surface area contributed by atoms with Gasteiger partial charge in [-0.1, -0.05) is 6.08 Å². The second kappa shape index (κ2) is 15.8. The molecule has 0 bridgehead atoms. The van der Waals surface area contributed by atoms with Gasteiger partial charge in [0.1, 0.15) is 0 Å². The predicted molar refractivity (Wildman–Crippen MR) is 36.8 cm³/mol. The number of nitrogens with zero attached hydrogens (tertiary/aromatic N) is 1. The Morgan fingerprint density at radius 1 is 1.67 bits per heavy atom. The Morgan fingerprint density at radius 2 is 2.11 bits per heavy atom. The monoisotopic (exact) mass is 215 g/mol. The van der Waals surface area contributed by atoms with Crippen molar-refractivity contribution in [3.05, 3.63) is 12.7 Å². The maximum atomic E-state index is 7.90. The standard InChI is InChI=1S/C5H7N.2ClH.Zn/c1-2-3-4-5-6;;;/h2H,1,3-4H2;2*1H;/q;;;+2/p-2. The predicted octanol–water partition coefficient (Wildman–Crippen LogP) is 2.85. The molecule has 0 amide bonds. The van der Waals surface area contributed by atoms with E-state index in [1.165, 1.54) is 0 Å². The first kappa shape index (κ1) is 12.1. The van der Waals surface area contributed by atoms with E-state index in [2.05, 4.69) is 6.58 Å². The number of hydrogen-bond acceptors (Lipinski definition) is 1. The van der Waals surface area contributed by atoms with E-state index in [1.54, 1.807) is 6.08 Å². The Hall–Kier alpha value is 0.433. The van der Waals surface area contributed by atoms with E-state index >= 15 is 0 Å². The van der Waals surface area contributed by atoms with Crippen molar-refractivity contribution in [2.75, 3.05) is 0 Å². The van der Waals surface area contributed by atoms with Gasteiger partial charge in [0.15, 0.2) is 0 Å². The zero-order chi connectivity index (χ0) is 7.54. The molecule has 0 aromatic heterocycles. The Bertz CT molecular complexity index is 89.4. The van der Waals surface area contributed by atoms with Crippen LogP contribution >= 0.6 is 19.4 Å². The first-order chi connectivity index (χ1) is 4.33. The van der Waals surface area contributed by atoms with Gasteiger partial charge < -0.3 is 0 Å². The van der Waals surface area contributed by atoms with Gasteiger partial charge in [-0.25, -0.2) is 0 Å². The van der Waals surface area contributed by atoms with E-state index in [9.17, 15) is 0 Å². The molecule has 0 heterocycles. The molecule has 9 heavy (non-hydrogen) atoms. The van der Waals surface area contributed by atoms with Crippen LogP contribution in [0.1, 0.15) is 12.8 Å². The molecule has 0 saturated heterocycles. The minimum absolute atomic E-state index is 0.601. The molecule has 0 radical (unpaired) electrons. The van der Waals surface area contributed by atoms with E-state index < -0.39 is 15.1 Å². The van der Waals surface area contributed by atoms with Gasteiger partial charge in [-0.15, -0.1) is 6.58 Å². The van der Waals surface area contributed by atoms with E-state index in [1.807, 2.05) is 6.07 Å². The van der Waals surface area contributed by atoms with Gasteiger partial charge in [0, 0.05) is 6.42 Å². The summed E-state index contributed by atoms with van der Waals surface area (Å²) in [5.41, 5.74) is 0. The topological polar surface area (TPSA) is 23.8 Å². The number of hydrogen-bond donors (Lipinski definition) is 0. The summed E-state index contributed by atoms with van der Waals surface area (Å²) in [5.74, 6) is 0. The number of unbranched alkanes of at least 4 members (excludes halogenated alkanes) is 1. The first-order valence-electron chi connectivity index (χ1n) is 2.43. The quantitative estimate of drug-likeness (QED) is 0.396. The number of allylic oxidation sites excluding steroid dienone is 1. The normalized spacial score (nSPS) is 5.44. The van der Waals surface area contributed by atoms with Crippen LogP contribution in [-0.2, 0) is 15.1 Å². The fourth-order valence-corrected chi connectivity index (χ4v) is 0.167. The third-order valence-electron chi connectivity index (χ3n) is 0.460. The number of halogens is 2. The van der Waals surface area contributed by atoms with Gasteiger partial charge in [0.05, 0.1) is 6.07 Å². The van der Waals surface area contributed by atoms with Crippen molar-refractivity contribution < 1.29 is 15.1 Å². The van der Waals surface area contributed by atoms with Crippen LogP contribution in [0.4, 0.5) is 0 Å². The van der Waals surface area contributed by atoms with Crippen LogP contribution in [-0.4, -0.2) is 0 Å². The molecule has 0 fully saturated rings. The summed E-state index contributed by atoms with van der Waals surface area (Å²) in [5, 5.41) is 7.90. The third kappa shape index (κ3) is 29.6. The van der Waals surface area contributed by atoms with E-state index in [-0.39, 0.29) is 0 Å². The van der Waals surface area contributed by atoms with E-state index in [4.69, 9.17) is 24.6 Å². The average Bonchev–Trinajstić information content (AvgIpc) is 1.86. The van der Waals surface area contributed by atoms with Crippen LogP contribution in [0.2, 0.25) is 0 Å². The Labute approximate surface area is 71.3 Å². The molecule has 0 atom stereocenters. The van der Waals surface area contributed by atoms with Gasteiger partial charge in [-0.2, -0.15) is 5.26 Å². The molecular formula is C5H7Cl2NZn. The molecule has 0 spiro atoms.